The van der Waals surface area contributed by atoms with Crippen LogP contribution < -0.4 is 4.90 Å². The fraction of sp³-hybridized carbons (Fsp3) is 0.316. The maximum Gasteiger partial charge on any atom is 0.227 e. The van der Waals surface area contributed by atoms with Gasteiger partial charge in [0, 0.05) is 18.7 Å². The number of amides is 1. The first kappa shape index (κ1) is 16.2. The molecular weight excluding hydrogens is 277 g/mol. The van der Waals surface area contributed by atoms with Gasteiger partial charge >= 0.3 is 0 Å². The van der Waals surface area contributed by atoms with Crippen molar-refractivity contribution in [2.24, 2.45) is 0 Å². The molecule has 22 heavy (non-hydrogen) atoms. The van der Waals surface area contributed by atoms with E-state index >= 15 is 0 Å². The second kappa shape index (κ2) is 7.21. The lowest BCUT2D eigenvalue weighted by molar-refractivity contribution is -0.118. The number of nitrogens with zero attached hydrogens (tertiary/aromatic N) is 1. The van der Waals surface area contributed by atoms with Gasteiger partial charge in [0.15, 0.2) is 0 Å². The Kier molecular flexibility index (Phi) is 5.31. The summed E-state index contributed by atoms with van der Waals surface area (Å²) in [5.74, 6) is -0.225. The van der Waals surface area contributed by atoms with Crippen molar-refractivity contribution in [3.8, 4) is 0 Å². The summed E-state index contributed by atoms with van der Waals surface area (Å²) < 4.78 is 13.0. The molecule has 2 aromatic carbocycles. The number of carbonyl (C=O) groups is 1. The SMILES string of the molecule is CCN(C(=O)CCc1ccc(C)cc1C)c1ccc(F)cc1. The van der Waals surface area contributed by atoms with Crippen LogP contribution in [-0.4, -0.2) is 12.5 Å². The van der Waals surface area contributed by atoms with E-state index in [-0.39, 0.29) is 11.7 Å². The van der Waals surface area contributed by atoms with Crippen LogP contribution in [0.1, 0.15) is 30.0 Å². The van der Waals surface area contributed by atoms with Crippen molar-refractivity contribution in [2.45, 2.75) is 33.6 Å². The Labute approximate surface area is 131 Å². The van der Waals surface area contributed by atoms with Crippen LogP contribution in [0.25, 0.3) is 0 Å². The van der Waals surface area contributed by atoms with Gasteiger partial charge in [0.05, 0.1) is 0 Å². The minimum Gasteiger partial charge on any atom is -0.313 e. The summed E-state index contributed by atoms with van der Waals surface area (Å²) in [5, 5.41) is 0. The number of carbonyl (C=O) groups excluding carboxylic acids is 1. The molecule has 2 rings (SSSR count). The molecule has 0 aliphatic carbocycles. The summed E-state index contributed by atoms with van der Waals surface area (Å²) in [6.07, 6.45) is 1.18. The second-order valence-electron chi connectivity index (χ2n) is 5.54. The molecule has 0 atom stereocenters. The molecule has 0 N–H and O–H groups in total. The van der Waals surface area contributed by atoms with E-state index in [1.807, 2.05) is 6.92 Å². The average Bonchev–Trinajstić information content (AvgIpc) is 2.49. The van der Waals surface area contributed by atoms with E-state index < -0.39 is 0 Å². The minimum atomic E-state index is -0.289. The lowest BCUT2D eigenvalue weighted by atomic mass is 10.0. The van der Waals surface area contributed by atoms with Crippen LogP contribution >= 0.6 is 0 Å². The molecule has 0 saturated heterocycles. The molecule has 0 aliphatic rings. The summed E-state index contributed by atoms with van der Waals surface area (Å²) in [6.45, 7) is 6.65. The van der Waals surface area contributed by atoms with Crippen molar-refractivity contribution >= 4 is 11.6 Å². The molecule has 0 unspecified atom stereocenters. The van der Waals surface area contributed by atoms with Crippen LogP contribution in [0.3, 0.4) is 0 Å². The molecular formula is C19H22FNO. The zero-order chi connectivity index (χ0) is 16.1. The fourth-order valence-electron chi connectivity index (χ4n) is 2.63. The molecule has 0 bridgehead atoms. The Bertz CT molecular complexity index is 649. The Balaban J connectivity index is 2.05. The van der Waals surface area contributed by atoms with E-state index in [2.05, 4.69) is 32.0 Å². The van der Waals surface area contributed by atoms with Crippen LogP contribution in [0.15, 0.2) is 42.5 Å². The number of rotatable bonds is 5. The molecule has 1 amide bonds. The third-order valence-corrected chi connectivity index (χ3v) is 3.86. The maximum absolute atomic E-state index is 13.0. The smallest absolute Gasteiger partial charge is 0.227 e. The van der Waals surface area contributed by atoms with Crippen LogP contribution in [0, 0.1) is 19.7 Å². The van der Waals surface area contributed by atoms with Gasteiger partial charge in [-0.05, 0) is 62.6 Å². The first-order valence-corrected chi connectivity index (χ1v) is 7.63. The number of benzene rings is 2. The lowest BCUT2D eigenvalue weighted by Gasteiger charge is -2.21. The molecule has 0 heterocycles. The zero-order valence-electron chi connectivity index (χ0n) is 13.4. The van der Waals surface area contributed by atoms with Crippen LogP contribution in [-0.2, 0) is 11.2 Å². The molecule has 0 aliphatic heterocycles. The van der Waals surface area contributed by atoms with Gasteiger partial charge in [0.1, 0.15) is 5.82 Å². The standard InChI is InChI=1S/C19H22FNO/c1-4-21(18-10-8-17(20)9-11-18)19(22)12-7-16-6-5-14(2)13-15(16)3/h5-6,8-11,13H,4,7,12H2,1-3H3. The molecule has 0 fully saturated rings. The highest BCUT2D eigenvalue weighted by atomic mass is 19.1. The third kappa shape index (κ3) is 3.94. The largest absolute Gasteiger partial charge is 0.313 e. The van der Waals surface area contributed by atoms with E-state index in [0.29, 0.717) is 13.0 Å². The summed E-state index contributed by atoms with van der Waals surface area (Å²) in [6, 6.07) is 12.4. The summed E-state index contributed by atoms with van der Waals surface area (Å²) in [7, 11) is 0. The first-order chi connectivity index (χ1) is 10.5. The molecule has 0 spiro atoms. The molecule has 0 aromatic heterocycles. The van der Waals surface area contributed by atoms with Crippen molar-refractivity contribution in [2.75, 3.05) is 11.4 Å². The monoisotopic (exact) mass is 299 g/mol. The van der Waals surface area contributed by atoms with E-state index in [1.165, 1.54) is 28.8 Å². The molecule has 0 radical (unpaired) electrons. The Hall–Kier alpha value is -2.16. The highest BCUT2D eigenvalue weighted by Crippen LogP contribution is 2.18. The van der Waals surface area contributed by atoms with Gasteiger partial charge in [0.2, 0.25) is 5.91 Å². The Morgan fingerprint density at radius 3 is 2.36 bits per heavy atom. The predicted octanol–water partition coefficient (Wildman–Crippen LogP) is 4.43. The molecule has 2 aromatic rings. The topological polar surface area (TPSA) is 20.3 Å². The van der Waals surface area contributed by atoms with Crippen molar-refractivity contribution < 1.29 is 9.18 Å². The minimum absolute atomic E-state index is 0.0640. The fourth-order valence-corrected chi connectivity index (χ4v) is 2.63. The molecule has 3 heteroatoms. The molecule has 116 valence electrons. The van der Waals surface area contributed by atoms with Crippen LogP contribution in [0.5, 0.6) is 0 Å². The highest BCUT2D eigenvalue weighted by molar-refractivity contribution is 5.93. The van der Waals surface area contributed by atoms with Gasteiger partial charge < -0.3 is 4.90 Å². The first-order valence-electron chi connectivity index (χ1n) is 7.63. The summed E-state index contributed by atoms with van der Waals surface area (Å²) >= 11 is 0. The van der Waals surface area contributed by atoms with Crippen molar-refractivity contribution in [1.82, 2.24) is 0 Å². The van der Waals surface area contributed by atoms with Crippen LogP contribution in [0.2, 0.25) is 0 Å². The second-order valence-corrected chi connectivity index (χ2v) is 5.54. The number of aryl methyl sites for hydroxylation is 3. The van der Waals surface area contributed by atoms with E-state index in [4.69, 9.17) is 0 Å². The van der Waals surface area contributed by atoms with Gasteiger partial charge in [0.25, 0.3) is 0 Å². The normalized spacial score (nSPS) is 10.5. The van der Waals surface area contributed by atoms with E-state index in [0.717, 1.165) is 12.1 Å². The van der Waals surface area contributed by atoms with Gasteiger partial charge in [-0.15, -0.1) is 0 Å². The zero-order valence-corrected chi connectivity index (χ0v) is 13.4. The number of hydrogen-bond donors (Lipinski definition) is 0. The molecule has 2 nitrogen and oxygen atoms in total. The third-order valence-electron chi connectivity index (χ3n) is 3.86. The van der Waals surface area contributed by atoms with Crippen molar-refractivity contribution in [3.63, 3.8) is 0 Å². The number of hydrogen-bond acceptors (Lipinski definition) is 1. The van der Waals surface area contributed by atoms with Crippen molar-refractivity contribution in [1.29, 1.82) is 0 Å². The van der Waals surface area contributed by atoms with Gasteiger partial charge in [-0.1, -0.05) is 23.8 Å². The summed E-state index contributed by atoms with van der Waals surface area (Å²) in [4.78, 5) is 14.1. The number of anilines is 1. The lowest BCUT2D eigenvalue weighted by Crippen LogP contribution is -2.30. The van der Waals surface area contributed by atoms with Gasteiger partial charge in [-0.25, -0.2) is 4.39 Å². The van der Waals surface area contributed by atoms with Crippen LogP contribution in [0.4, 0.5) is 10.1 Å². The summed E-state index contributed by atoms with van der Waals surface area (Å²) in [5.41, 5.74) is 4.40. The van der Waals surface area contributed by atoms with E-state index in [1.54, 1.807) is 17.0 Å². The van der Waals surface area contributed by atoms with E-state index in [9.17, 15) is 9.18 Å². The average molecular weight is 299 g/mol. The maximum atomic E-state index is 13.0. The molecule has 0 saturated carbocycles. The van der Waals surface area contributed by atoms with Gasteiger partial charge in [-0.3, -0.25) is 4.79 Å². The quantitative estimate of drug-likeness (QED) is 0.800. The number of halogens is 1. The Morgan fingerprint density at radius 2 is 1.77 bits per heavy atom. The van der Waals surface area contributed by atoms with Gasteiger partial charge in [-0.2, -0.15) is 0 Å². The predicted molar refractivity (Wildman–Crippen MR) is 88.7 cm³/mol. The highest BCUT2D eigenvalue weighted by Gasteiger charge is 2.14. The van der Waals surface area contributed by atoms with Crippen molar-refractivity contribution in [3.05, 3.63) is 65.0 Å². The Morgan fingerprint density at radius 1 is 1.09 bits per heavy atom.